The van der Waals surface area contributed by atoms with Gasteiger partial charge in [-0.25, -0.2) is 0 Å². The van der Waals surface area contributed by atoms with Crippen molar-refractivity contribution in [1.82, 2.24) is 0 Å². The summed E-state index contributed by atoms with van der Waals surface area (Å²) < 4.78 is 5.69. The van der Waals surface area contributed by atoms with Crippen LogP contribution in [0.1, 0.15) is 21.9 Å². The smallest absolute Gasteiger partial charge is 0.259 e. The molecule has 3 rings (SSSR count). The molecule has 1 heterocycles. The first-order chi connectivity index (χ1) is 11.5. The first-order valence-electron chi connectivity index (χ1n) is 7.38. The van der Waals surface area contributed by atoms with Gasteiger partial charge in [0, 0.05) is 21.3 Å². The Kier molecular flexibility index (Phi) is 4.65. The van der Waals surface area contributed by atoms with Crippen LogP contribution in [0.4, 0.5) is 5.69 Å². The Hall–Kier alpha value is -2.23. The molecule has 0 bridgehead atoms. The van der Waals surface area contributed by atoms with E-state index in [1.165, 1.54) is 0 Å². The number of benzene rings is 2. The van der Waals surface area contributed by atoms with Crippen molar-refractivity contribution in [3.8, 4) is 11.1 Å². The summed E-state index contributed by atoms with van der Waals surface area (Å²) in [6.45, 7) is 3.62. The number of hydrogen-bond acceptors (Lipinski definition) is 2. The van der Waals surface area contributed by atoms with E-state index < -0.39 is 0 Å². The van der Waals surface area contributed by atoms with Gasteiger partial charge in [0.2, 0.25) is 0 Å². The molecule has 0 aliphatic rings. The zero-order chi connectivity index (χ0) is 17.3. The van der Waals surface area contributed by atoms with Crippen LogP contribution >= 0.6 is 23.2 Å². The summed E-state index contributed by atoms with van der Waals surface area (Å²) in [5, 5.41) is 4.07. The standard InChI is InChI=1S/C19H15Cl2NO2/c1-11-17(13-6-8-14(20)9-7-13)18(12(2)24-11)19(23)22-16-5-3-4-15(21)10-16/h3-10H,1-2H3,(H,22,23). The molecule has 1 aromatic heterocycles. The number of anilines is 1. The minimum Gasteiger partial charge on any atom is -0.465 e. The van der Waals surface area contributed by atoms with E-state index >= 15 is 0 Å². The van der Waals surface area contributed by atoms with E-state index in [2.05, 4.69) is 5.32 Å². The lowest BCUT2D eigenvalue weighted by Gasteiger charge is -2.08. The zero-order valence-corrected chi connectivity index (χ0v) is 14.7. The first-order valence-corrected chi connectivity index (χ1v) is 8.14. The van der Waals surface area contributed by atoms with Crippen LogP contribution in [-0.4, -0.2) is 5.91 Å². The molecule has 24 heavy (non-hydrogen) atoms. The lowest BCUT2D eigenvalue weighted by molar-refractivity contribution is 0.102. The van der Waals surface area contributed by atoms with Gasteiger partial charge in [0.05, 0.1) is 5.56 Å². The average molecular weight is 360 g/mol. The minimum absolute atomic E-state index is 0.239. The molecule has 3 aromatic rings. The van der Waals surface area contributed by atoms with Crippen LogP contribution in [-0.2, 0) is 0 Å². The van der Waals surface area contributed by atoms with Crippen molar-refractivity contribution in [2.45, 2.75) is 13.8 Å². The highest BCUT2D eigenvalue weighted by Gasteiger charge is 2.22. The third-order valence-corrected chi connectivity index (χ3v) is 4.19. The molecule has 0 aliphatic carbocycles. The molecule has 1 N–H and O–H groups in total. The van der Waals surface area contributed by atoms with E-state index in [4.69, 9.17) is 27.6 Å². The second kappa shape index (κ2) is 6.71. The van der Waals surface area contributed by atoms with Crippen LogP contribution in [0.15, 0.2) is 52.9 Å². The third kappa shape index (κ3) is 3.32. The van der Waals surface area contributed by atoms with Crippen LogP contribution in [0.25, 0.3) is 11.1 Å². The Morgan fingerprint density at radius 1 is 0.958 bits per heavy atom. The second-order valence-electron chi connectivity index (χ2n) is 5.44. The fraction of sp³-hybridized carbons (Fsp3) is 0.105. The summed E-state index contributed by atoms with van der Waals surface area (Å²) in [4.78, 5) is 12.8. The van der Waals surface area contributed by atoms with Gasteiger partial charge in [-0.3, -0.25) is 4.79 Å². The summed E-state index contributed by atoms with van der Waals surface area (Å²) in [6.07, 6.45) is 0. The van der Waals surface area contributed by atoms with E-state index in [1.54, 1.807) is 43.3 Å². The lowest BCUT2D eigenvalue weighted by atomic mass is 10.00. The molecule has 0 unspecified atom stereocenters. The van der Waals surface area contributed by atoms with Crippen molar-refractivity contribution in [3.63, 3.8) is 0 Å². The Balaban J connectivity index is 2.01. The Bertz CT molecular complexity index is 898. The molecule has 0 aliphatic heterocycles. The minimum atomic E-state index is -0.239. The van der Waals surface area contributed by atoms with Gasteiger partial charge in [-0.2, -0.15) is 0 Å². The summed E-state index contributed by atoms with van der Waals surface area (Å²) in [5.41, 5.74) is 2.79. The van der Waals surface area contributed by atoms with Gasteiger partial charge in [-0.1, -0.05) is 41.4 Å². The molecule has 2 aromatic carbocycles. The van der Waals surface area contributed by atoms with E-state index in [9.17, 15) is 4.79 Å². The van der Waals surface area contributed by atoms with Crippen LogP contribution in [0.2, 0.25) is 10.0 Å². The quantitative estimate of drug-likeness (QED) is 0.611. The van der Waals surface area contributed by atoms with Crippen LogP contribution in [0, 0.1) is 13.8 Å². The summed E-state index contributed by atoms with van der Waals surface area (Å²) in [7, 11) is 0. The number of hydrogen-bond donors (Lipinski definition) is 1. The summed E-state index contributed by atoms with van der Waals surface area (Å²) in [5.74, 6) is 1.01. The fourth-order valence-corrected chi connectivity index (χ4v) is 3.00. The van der Waals surface area contributed by atoms with Crippen molar-refractivity contribution >= 4 is 34.8 Å². The van der Waals surface area contributed by atoms with E-state index in [0.717, 1.165) is 11.1 Å². The molecule has 5 heteroatoms. The van der Waals surface area contributed by atoms with Gasteiger partial charge in [0.15, 0.2) is 0 Å². The number of carbonyl (C=O) groups excluding carboxylic acids is 1. The molecule has 0 fully saturated rings. The van der Waals surface area contributed by atoms with Gasteiger partial charge in [-0.15, -0.1) is 0 Å². The normalized spacial score (nSPS) is 10.7. The molecule has 0 atom stereocenters. The maximum atomic E-state index is 12.8. The molecular weight excluding hydrogens is 345 g/mol. The maximum Gasteiger partial charge on any atom is 0.259 e. The Labute approximate surface area is 150 Å². The van der Waals surface area contributed by atoms with Crippen molar-refractivity contribution in [2.75, 3.05) is 5.32 Å². The van der Waals surface area contributed by atoms with Crippen molar-refractivity contribution in [2.24, 2.45) is 0 Å². The van der Waals surface area contributed by atoms with Gasteiger partial charge >= 0.3 is 0 Å². The summed E-state index contributed by atoms with van der Waals surface area (Å²) >= 11 is 11.9. The van der Waals surface area contributed by atoms with Gasteiger partial charge < -0.3 is 9.73 Å². The average Bonchev–Trinajstić information content (AvgIpc) is 2.82. The predicted molar refractivity (Wildman–Crippen MR) is 98.0 cm³/mol. The fourth-order valence-electron chi connectivity index (χ4n) is 2.68. The number of aryl methyl sites for hydroxylation is 2. The zero-order valence-electron chi connectivity index (χ0n) is 13.2. The number of furan rings is 1. The van der Waals surface area contributed by atoms with Gasteiger partial charge in [0.1, 0.15) is 11.5 Å². The number of halogens is 2. The number of amides is 1. The second-order valence-corrected chi connectivity index (χ2v) is 6.31. The SMILES string of the molecule is Cc1oc(C)c(-c2ccc(Cl)cc2)c1C(=O)Nc1cccc(Cl)c1. The highest BCUT2D eigenvalue weighted by Crippen LogP contribution is 2.33. The van der Waals surface area contributed by atoms with Gasteiger partial charge in [-0.05, 0) is 49.7 Å². The van der Waals surface area contributed by atoms with Crippen LogP contribution in [0.5, 0.6) is 0 Å². The molecular formula is C19H15Cl2NO2. The van der Waals surface area contributed by atoms with Crippen LogP contribution < -0.4 is 5.32 Å². The number of carbonyl (C=O) groups is 1. The van der Waals surface area contributed by atoms with E-state index in [-0.39, 0.29) is 5.91 Å². The Morgan fingerprint density at radius 2 is 1.67 bits per heavy atom. The van der Waals surface area contributed by atoms with Crippen molar-refractivity contribution in [1.29, 1.82) is 0 Å². The van der Waals surface area contributed by atoms with Gasteiger partial charge in [0.25, 0.3) is 5.91 Å². The molecule has 1 amide bonds. The molecule has 3 nitrogen and oxygen atoms in total. The van der Waals surface area contributed by atoms with Crippen molar-refractivity contribution in [3.05, 3.63) is 75.7 Å². The van der Waals surface area contributed by atoms with Crippen LogP contribution in [0.3, 0.4) is 0 Å². The van der Waals surface area contributed by atoms with E-state index in [0.29, 0.717) is 32.8 Å². The number of nitrogens with one attached hydrogen (secondary N) is 1. The third-order valence-electron chi connectivity index (χ3n) is 3.70. The molecule has 0 spiro atoms. The predicted octanol–water partition coefficient (Wildman–Crippen LogP) is 6.12. The molecule has 122 valence electrons. The summed E-state index contributed by atoms with van der Waals surface area (Å²) in [6, 6.07) is 14.3. The molecule has 0 radical (unpaired) electrons. The first kappa shape index (κ1) is 16.6. The maximum absolute atomic E-state index is 12.8. The molecule has 0 saturated carbocycles. The largest absolute Gasteiger partial charge is 0.465 e. The monoisotopic (exact) mass is 359 g/mol. The number of rotatable bonds is 3. The lowest BCUT2D eigenvalue weighted by Crippen LogP contribution is -2.13. The highest BCUT2D eigenvalue weighted by molar-refractivity contribution is 6.31. The Morgan fingerprint density at radius 3 is 2.33 bits per heavy atom. The topological polar surface area (TPSA) is 42.2 Å². The highest BCUT2D eigenvalue weighted by atomic mass is 35.5. The van der Waals surface area contributed by atoms with Crippen molar-refractivity contribution < 1.29 is 9.21 Å². The molecule has 0 saturated heterocycles. The van der Waals surface area contributed by atoms with E-state index in [1.807, 2.05) is 19.1 Å².